The quantitative estimate of drug-likeness (QED) is 0.528. The summed E-state index contributed by atoms with van der Waals surface area (Å²) in [5, 5.41) is 0. The Morgan fingerprint density at radius 2 is 1.91 bits per heavy atom. The zero-order chi connectivity index (χ0) is 24.1. The van der Waals surface area contributed by atoms with E-state index in [-0.39, 0.29) is 35.8 Å². The first-order valence-electron chi connectivity index (χ1n) is 10.1. The number of rotatable bonds is 2. The van der Waals surface area contributed by atoms with Crippen molar-refractivity contribution in [1.29, 1.82) is 0 Å². The van der Waals surface area contributed by atoms with Gasteiger partial charge >= 0.3 is 18.2 Å². The summed E-state index contributed by atoms with van der Waals surface area (Å²) in [4.78, 5) is 28.8. The molecule has 0 radical (unpaired) electrons. The molecule has 1 aromatic carbocycles. The first-order chi connectivity index (χ1) is 14.7. The number of ether oxygens (including phenoxy) is 3. The molecular weight excluding hydrogens is 497 g/mol. The van der Waals surface area contributed by atoms with Crippen LogP contribution in [0, 0.1) is 0 Å². The van der Waals surface area contributed by atoms with Gasteiger partial charge in [-0.05, 0) is 55.8 Å². The number of benzene rings is 1. The third kappa shape index (κ3) is 4.62. The molecule has 2 aliphatic rings. The SMILES string of the molecule is COC(=O)[C@@]1(C)C[C@H](N2CCOc3cc(C(F)(F)F)cc(Br)c32)CN1C(=O)OC(C)(C)C. The summed E-state index contributed by atoms with van der Waals surface area (Å²) >= 11 is 3.25. The van der Waals surface area contributed by atoms with Crippen molar-refractivity contribution in [1.82, 2.24) is 4.90 Å². The van der Waals surface area contributed by atoms with Crippen LogP contribution in [0.15, 0.2) is 16.6 Å². The molecular formula is C21H26BrF3N2O5. The lowest BCUT2D eigenvalue weighted by molar-refractivity contribution is -0.152. The maximum Gasteiger partial charge on any atom is 0.416 e. The second kappa shape index (κ2) is 8.31. The van der Waals surface area contributed by atoms with E-state index in [1.54, 1.807) is 27.7 Å². The highest BCUT2D eigenvalue weighted by Gasteiger charge is 2.54. The molecule has 11 heteroatoms. The number of nitrogens with zero attached hydrogens (tertiary/aromatic N) is 2. The summed E-state index contributed by atoms with van der Waals surface area (Å²) in [6, 6.07) is 1.59. The Morgan fingerprint density at radius 3 is 2.47 bits per heavy atom. The third-order valence-corrected chi connectivity index (χ3v) is 6.14. The van der Waals surface area contributed by atoms with Crippen LogP contribution < -0.4 is 9.64 Å². The molecule has 0 aliphatic carbocycles. The molecule has 2 atom stereocenters. The van der Waals surface area contributed by atoms with Gasteiger partial charge in [0, 0.05) is 23.5 Å². The number of esters is 1. The first-order valence-corrected chi connectivity index (χ1v) is 10.9. The Hall–Kier alpha value is -2.17. The first kappa shape index (κ1) is 24.5. The van der Waals surface area contributed by atoms with Crippen LogP contribution in [0.2, 0.25) is 0 Å². The van der Waals surface area contributed by atoms with E-state index in [0.717, 1.165) is 12.1 Å². The fourth-order valence-corrected chi connectivity index (χ4v) is 4.79. The summed E-state index contributed by atoms with van der Waals surface area (Å²) in [5.41, 5.74) is -2.44. The highest BCUT2D eigenvalue weighted by Crippen LogP contribution is 2.46. The van der Waals surface area contributed by atoms with Crippen LogP contribution in [0.1, 0.15) is 39.7 Å². The van der Waals surface area contributed by atoms with E-state index in [2.05, 4.69) is 15.9 Å². The fraction of sp³-hybridized carbons (Fsp3) is 0.619. The molecule has 1 saturated heterocycles. The normalized spacial score (nSPS) is 23.5. The molecule has 2 aliphatic heterocycles. The van der Waals surface area contributed by atoms with Crippen molar-refractivity contribution in [3.63, 3.8) is 0 Å². The summed E-state index contributed by atoms with van der Waals surface area (Å²) < 4.78 is 55.9. The molecule has 0 bridgehead atoms. The molecule has 1 aromatic rings. The zero-order valence-corrected chi connectivity index (χ0v) is 20.1. The number of carbonyl (C=O) groups excluding carboxylic acids is 2. The summed E-state index contributed by atoms with van der Waals surface area (Å²) in [6.07, 6.45) is -4.97. The van der Waals surface area contributed by atoms with Gasteiger partial charge in [-0.2, -0.15) is 13.2 Å². The molecule has 7 nitrogen and oxygen atoms in total. The number of fused-ring (bicyclic) bond motifs is 1. The molecule has 32 heavy (non-hydrogen) atoms. The predicted octanol–water partition coefficient (Wildman–Crippen LogP) is 4.61. The highest BCUT2D eigenvalue weighted by molar-refractivity contribution is 9.10. The molecule has 0 N–H and O–H groups in total. The lowest BCUT2D eigenvalue weighted by Crippen LogP contribution is -2.52. The Labute approximate surface area is 192 Å². The maximum atomic E-state index is 13.2. The Kier molecular flexibility index (Phi) is 6.36. The van der Waals surface area contributed by atoms with Crippen LogP contribution in [0.5, 0.6) is 5.75 Å². The number of halogens is 4. The van der Waals surface area contributed by atoms with Crippen LogP contribution in [0.3, 0.4) is 0 Å². The summed E-state index contributed by atoms with van der Waals surface area (Å²) in [5.74, 6) is -0.501. The van der Waals surface area contributed by atoms with Crippen molar-refractivity contribution in [2.45, 2.75) is 57.5 Å². The van der Waals surface area contributed by atoms with E-state index in [4.69, 9.17) is 14.2 Å². The number of hydrogen-bond acceptors (Lipinski definition) is 6. The molecule has 3 rings (SSSR count). The minimum atomic E-state index is -4.52. The van der Waals surface area contributed by atoms with Gasteiger partial charge in [0.2, 0.25) is 0 Å². The topological polar surface area (TPSA) is 68.3 Å². The van der Waals surface area contributed by atoms with E-state index in [0.29, 0.717) is 12.2 Å². The molecule has 0 aromatic heterocycles. The smallest absolute Gasteiger partial charge is 0.416 e. The number of methoxy groups -OCH3 is 1. The third-order valence-electron chi connectivity index (χ3n) is 5.53. The summed E-state index contributed by atoms with van der Waals surface area (Å²) in [6.45, 7) is 7.45. The van der Waals surface area contributed by atoms with Gasteiger partial charge in [0.1, 0.15) is 23.5 Å². The van der Waals surface area contributed by atoms with Crippen molar-refractivity contribution >= 4 is 33.7 Å². The van der Waals surface area contributed by atoms with E-state index in [1.807, 2.05) is 4.90 Å². The lowest BCUT2D eigenvalue weighted by Gasteiger charge is -2.37. The number of likely N-dealkylation sites (tertiary alicyclic amines) is 1. The predicted molar refractivity (Wildman–Crippen MR) is 114 cm³/mol. The molecule has 1 fully saturated rings. The molecule has 178 valence electrons. The zero-order valence-electron chi connectivity index (χ0n) is 18.5. The number of hydrogen-bond donors (Lipinski definition) is 0. The average molecular weight is 523 g/mol. The molecule has 1 amide bonds. The van der Waals surface area contributed by atoms with Crippen molar-refractivity contribution in [2.75, 3.05) is 31.7 Å². The molecule has 2 heterocycles. The molecule has 0 unspecified atom stereocenters. The monoisotopic (exact) mass is 522 g/mol. The van der Waals surface area contributed by atoms with Gasteiger partial charge < -0.3 is 19.1 Å². The molecule has 0 spiro atoms. The fourth-order valence-electron chi connectivity index (χ4n) is 4.12. The highest BCUT2D eigenvalue weighted by atomic mass is 79.9. The van der Waals surface area contributed by atoms with Crippen LogP contribution in [-0.4, -0.2) is 61.0 Å². The van der Waals surface area contributed by atoms with Crippen LogP contribution in [0.25, 0.3) is 0 Å². The van der Waals surface area contributed by atoms with E-state index in [1.165, 1.54) is 12.0 Å². The largest absolute Gasteiger partial charge is 0.490 e. The standard InChI is InChI=1S/C21H26BrF3N2O5/c1-19(2,3)32-18(29)27-11-13(10-20(27,4)17(28)30-5)26-6-7-31-15-9-12(21(23,24)25)8-14(22)16(15)26/h8-9,13H,6-7,10-11H2,1-5H3/t13-,20+/m0/s1. The van der Waals surface area contributed by atoms with Gasteiger partial charge in [0.15, 0.2) is 0 Å². The Bertz CT molecular complexity index is 918. The minimum Gasteiger partial charge on any atom is -0.490 e. The van der Waals surface area contributed by atoms with Gasteiger partial charge in [0.05, 0.1) is 24.9 Å². The van der Waals surface area contributed by atoms with Gasteiger partial charge in [-0.3, -0.25) is 4.90 Å². The molecule has 0 saturated carbocycles. The number of anilines is 1. The minimum absolute atomic E-state index is 0.0911. The van der Waals surface area contributed by atoms with Crippen LogP contribution in [-0.2, 0) is 20.4 Å². The average Bonchev–Trinajstić information content (AvgIpc) is 3.03. The van der Waals surface area contributed by atoms with Gasteiger partial charge in [-0.25, -0.2) is 9.59 Å². The number of carbonyl (C=O) groups is 2. The Morgan fingerprint density at radius 1 is 1.25 bits per heavy atom. The van der Waals surface area contributed by atoms with Gasteiger partial charge in [0.25, 0.3) is 0 Å². The van der Waals surface area contributed by atoms with Crippen molar-refractivity contribution in [3.8, 4) is 5.75 Å². The lowest BCUT2D eigenvalue weighted by atomic mass is 9.96. The van der Waals surface area contributed by atoms with Crippen LogP contribution in [0.4, 0.5) is 23.7 Å². The Balaban J connectivity index is 1.98. The van der Waals surface area contributed by atoms with Crippen molar-refractivity contribution in [2.24, 2.45) is 0 Å². The number of alkyl halides is 3. The van der Waals surface area contributed by atoms with E-state index >= 15 is 0 Å². The van der Waals surface area contributed by atoms with E-state index in [9.17, 15) is 22.8 Å². The van der Waals surface area contributed by atoms with Crippen molar-refractivity contribution < 1.29 is 37.0 Å². The van der Waals surface area contributed by atoms with Crippen molar-refractivity contribution in [3.05, 3.63) is 22.2 Å². The van der Waals surface area contributed by atoms with Gasteiger partial charge in [-0.1, -0.05) is 0 Å². The maximum absolute atomic E-state index is 13.2. The number of amides is 1. The van der Waals surface area contributed by atoms with Gasteiger partial charge in [-0.15, -0.1) is 0 Å². The second-order valence-corrected chi connectivity index (χ2v) is 9.91. The second-order valence-electron chi connectivity index (χ2n) is 9.06. The van der Waals surface area contributed by atoms with Crippen LogP contribution >= 0.6 is 15.9 Å². The van der Waals surface area contributed by atoms with E-state index < -0.39 is 34.9 Å². The summed E-state index contributed by atoms with van der Waals surface area (Å²) in [7, 11) is 1.24.